The summed E-state index contributed by atoms with van der Waals surface area (Å²) in [5.41, 5.74) is 1.38. The van der Waals surface area contributed by atoms with Gasteiger partial charge >= 0.3 is 0 Å². The summed E-state index contributed by atoms with van der Waals surface area (Å²) in [7, 11) is 1.57. The molecule has 0 saturated heterocycles. The molecule has 16 heavy (non-hydrogen) atoms. The van der Waals surface area contributed by atoms with Crippen LogP contribution in [0.3, 0.4) is 0 Å². The standard InChI is InChI=1S/C11H17N3O2/c1-8(15)5-13-6-9-3-4-10(14-7-9)11(16)12-2/h3-4,7-8,13,15H,5-6H2,1-2H3,(H,12,16)/t8-/m0/s1. The maximum absolute atomic E-state index is 11.2. The summed E-state index contributed by atoms with van der Waals surface area (Å²) >= 11 is 0. The quantitative estimate of drug-likeness (QED) is 0.652. The Hall–Kier alpha value is -1.46. The lowest BCUT2D eigenvalue weighted by atomic mass is 10.2. The van der Waals surface area contributed by atoms with E-state index in [0.29, 0.717) is 18.8 Å². The van der Waals surface area contributed by atoms with Crippen LogP contribution in [-0.4, -0.2) is 35.7 Å². The van der Waals surface area contributed by atoms with Gasteiger partial charge in [-0.05, 0) is 18.6 Å². The van der Waals surface area contributed by atoms with E-state index in [-0.39, 0.29) is 12.0 Å². The third-order valence-corrected chi connectivity index (χ3v) is 2.05. The lowest BCUT2D eigenvalue weighted by Crippen LogP contribution is -2.24. The normalized spacial score (nSPS) is 12.2. The van der Waals surface area contributed by atoms with Crippen molar-refractivity contribution in [3.8, 4) is 0 Å². The Bertz CT molecular complexity index is 336. The average molecular weight is 223 g/mol. The molecule has 0 radical (unpaired) electrons. The number of nitrogens with one attached hydrogen (secondary N) is 2. The topological polar surface area (TPSA) is 74.2 Å². The molecule has 1 heterocycles. The second-order valence-corrected chi connectivity index (χ2v) is 3.61. The average Bonchev–Trinajstić information content (AvgIpc) is 2.28. The van der Waals surface area contributed by atoms with Gasteiger partial charge in [0.2, 0.25) is 0 Å². The molecule has 1 aromatic rings. The third kappa shape index (κ3) is 3.96. The highest BCUT2D eigenvalue weighted by Crippen LogP contribution is 2.00. The van der Waals surface area contributed by atoms with Crippen LogP contribution in [0.1, 0.15) is 23.0 Å². The second-order valence-electron chi connectivity index (χ2n) is 3.61. The smallest absolute Gasteiger partial charge is 0.269 e. The number of hydrogen-bond donors (Lipinski definition) is 3. The van der Waals surface area contributed by atoms with Crippen molar-refractivity contribution in [3.05, 3.63) is 29.6 Å². The first-order valence-electron chi connectivity index (χ1n) is 5.19. The Kier molecular flexibility index (Phi) is 4.88. The van der Waals surface area contributed by atoms with Gasteiger partial charge in [0.05, 0.1) is 6.10 Å². The van der Waals surface area contributed by atoms with Gasteiger partial charge in [-0.2, -0.15) is 0 Å². The molecular weight excluding hydrogens is 206 g/mol. The molecule has 0 unspecified atom stereocenters. The molecule has 1 atom stereocenters. The highest BCUT2D eigenvalue weighted by atomic mass is 16.3. The molecule has 1 aromatic heterocycles. The predicted octanol–water partition coefficient (Wildman–Crippen LogP) is -0.0884. The van der Waals surface area contributed by atoms with E-state index < -0.39 is 0 Å². The van der Waals surface area contributed by atoms with Crippen molar-refractivity contribution in [2.24, 2.45) is 0 Å². The van der Waals surface area contributed by atoms with E-state index in [1.165, 1.54) is 0 Å². The zero-order valence-corrected chi connectivity index (χ0v) is 9.53. The summed E-state index contributed by atoms with van der Waals surface area (Å²) < 4.78 is 0. The van der Waals surface area contributed by atoms with E-state index in [0.717, 1.165) is 5.56 Å². The number of rotatable bonds is 5. The molecule has 0 aliphatic carbocycles. The van der Waals surface area contributed by atoms with Gasteiger partial charge in [-0.1, -0.05) is 6.07 Å². The molecule has 0 fully saturated rings. The van der Waals surface area contributed by atoms with Crippen molar-refractivity contribution in [1.82, 2.24) is 15.6 Å². The summed E-state index contributed by atoms with van der Waals surface area (Å²) in [6.07, 6.45) is 1.29. The molecule has 0 aliphatic rings. The van der Waals surface area contributed by atoms with Crippen LogP contribution in [0.4, 0.5) is 0 Å². The molecule has 3 N–H and O–H groups in total. The maximum atomic E-state index is 11.2. The first kappa shape index (κ1) is 12.6. The third-order valence-electron chi connectivity index (χ3n) is 2.05. The minimum Gasteiger partial charge on any atom is -0.392 e. The minimum atomic E-state index is -0.363. The Labute approximate surface area is 94.9 Å². The van der Waals surface area contributed by atoms with Gasteiger partial charge < -0.3 is 15.7 Å². The van der Waals surface area contributed by atoms with Crippen molar-refractivity contribution in [2.45, 2.75) is 19.6 Å². The zero-order valence-electron chi connectivity index (χ0n) is 9.53. The summed E-state index contributed by atoms with van der Waals surface area (Å²) in [6, 6.07) is 3.52. The lowest BCUT2D eigenvalue weighted by molar-refractivity contribution is 0.0958. The van der Waals surface area contributed by atoms with Crippen LogP contribution >= 0.6 is 0 Å². The fourth-order valence-electron chi connectivity index (χ4n) is 1.22. The first-order chi connectivity index (χ1) is 7.63. The zero-order chi connectivity index (χ0) is 12.0. The van der Waals surface area contributed by atoms with Gasteiger partial charge in [0.25, 0.3) is 5.91 Å². The van der Waals surface area contributed by atoms with E-state index in [4.69, 9.17) is 5.11 Å². The number of carbonyl (C=O) groups is 1. The van der Waals surface area contributed by atoms with E-state index in [1.54, 1.807) is 26.2 Å². The number of carbonyl (C=O) groups excluding carboxylic acids is 1. The van der Waals surface area contributed by atoms with Crippen LogP contribution < -0.4 is 10.6 Å². The van der Waals surface area contributed by atoms with Gasteiger partial charge in [0.15, 0.2) is 0 Å². The van der Waals surface area contributed by atoms with Crippen molar-refractivity contribution in [1.29, 1.82) is 0 Å². The predicted molar refractivity (Wildman–Crippen MR) is 61.0 cm³/mol. The van der Waals surface area contributed by atoms with Crippen LogP contribution in [0, 0.1) is 0 Å². The molecule has 5 heteroatoms. The summed E-state index contributed by atoms with van der Waals surface area (Å²) in [4.78, 5) is 15.2. The van der Waals surface area contributed by atoms with Crippen molar-refractivity contribution < 1.29 is 9.90 Å². The van der Waals surface area contributed by atoms with E-state index >= 15 is 0 Å². The largest absolute Gasteiger partial charge is 0.392 e. The highest BCUT2D eigenvalue weighted by Gasteiger charge is 2.03. The van der Waals surface area contributed by atoms with Crippen molar-refractivity contribution in [2.75, 3.05) is 13.6 Å². The van der Waals surface area contributed by atoms with Gasteiger partial charge in [-0.15, -0.1) is 0 Å². The van der Waals surface area contributed by atoms with Gasteiger partial charge in [0, 0.05) is 26.3 Å². The number of aliphatic hydroxyl groups excluding tert-OH is 1. The molecular formula is C11H17N3O2. The monoisotopic (exact) mass is 223 g/mol. The van der Waals surface area contributed by atoms with Crippen LogP contribution in [-0.2, 0) is 6.54 Å². The fraction of sp³-hybridized carbons (Fsp3) is 0.455. The second kappa shape index (κ2) is 6.19. The SMILES string of the molecule is CNC(=O)c1ccc(CNC[C@H](C)O)cn1. The summed E-state index contributed by atoms with van der Waals surface area (Å²) in [6.45, 7) is 2.89. The Morgan fingerprint density at radius 3 is 2.81 bits per heavy atom. The Balaban J connectivity index is 2.48. The first-order valence-corrected chi connectivity index (χ1v) is 5.19. The number of pyridine rings is 1. The number of amides is 1. The van der Waals surface area contributed by atoms with Crippen LogP contribution in [0.5, 0.6) is 0 Å². The lowest BCUT2D eigenvalue weighted by Gasteiger charge is -2.06. The van der Waals surface area contributed by atoms with Crippen molar-refractivity contribution in [3.63, 3.8) is 0 Å². The summed E-state index contributed by atoms with van der Waals surface area (Å²) in [5, 5.41) is 14.6. The minimum absolute atomic E-state index is 0.191. The molecule has 0 spiro atoms. The van der Waals surface area contributed by atoms with Gasteiger partial charge in [-0.25, -0.2) is 0 Å². The van der Waals surface area contributed by atoms with Crippen LogP contribution in [0.25, 0.3) is 0 Å². The number of nitrogens with zero attached hydrogens (tertiary/aromatic N) is 1. The molecule has 1 amide bonds. The number of hydrogen-bond acceptors (Lipinski definition) is 4. The molecule has 0 aliphatic heterocycles. The number of aliphatic hydroxyl groups is 1. The molecule has 0 bridgehead atoms. The van der Waals surface area contributed by atoms with E-state index in [2.05, 4.69) is 15.6 Å². The van der Waals surface area contributed by atoms with Crippen LogP contribution in [0.2, 0.25) is 0 Å². The Morgan fingerprint density at radius 2 is 2.31 bits per heavy atom. The summed E-state index contributed by atoms with van der Waals surface area (Å²) in [5.74, 6) is -0.191. The molecule has 0 saturated carbocycles. The van der Waals surface area contributed by atoms with E-state index in [9.17, 15) is 4.79 Å². The molecule has 88 valence electrons. The number of aromatic nitrogens is 1. The van der Waals surface area contributed by atoms with Gasteiger partial charge in [0.1, 0.15) is 5.69 Å². The molecule has 0 aromatic carbocycles. The van der Waals surface area contributed by atoms with E-state index in [1.807, 2.05) is 6.07 Å². The fourth-order valence-corrected chi connectivity index (χ4v) is 1.22. The highest BCUT2D eigenvalue weighted by molar-refractivity contribution is 5.91. The maximum Gasteiger partial charge on any atom is 0.269 e. The van der Waals surface area contributed by atoms with Gasteiger partial charge in [-0.3, -0.25) is 9.78 Å². The molecule has 1 rings (SSSR count). The molecule has 5 nitrogen and oxygen atoms in total. The van der Waals surface area contributed by atoms with Crippen LogP contribution in [0.15, 0.2) is 18.3 Å². The Morgan fingerprint density at radius 1 is 1.56 bits per heavy atom. The van der Waals surface area contributed by atoms with Crippen molar-refractivity contribution >= 4 is 5.91 Å².